The fourth-order valence-electron chi connectivity index (χ4n) is 4.15. The Morgan fingerprint density at radius 1 is 1.14 bits per heavy atom. The van der Waals surface area contributed by atoms with Gasteiger partial charge in [0, 0.05) is 18.8 Å². The topological polar surface area (TPSA) is 92.5 Å². The van der Waals surface area contributed by atoms with Crippen LogP contribution in [0.25, 0.3) is 12.2 Å². The van der Waals surface area contributed by atoms with E-state index in [9.17, 15) is 17.6 Å². The van der Waals surface area contributed by atoms with E-state index in [4.69, 9.17) is 4.52 Å². The molecule has 0 saturated carbocycles. The molecular formula is C26H28FN3O4S. The number of amides is 1. The molecule has 0 bridgehead atoms. The van der Waals surface area contributed by atoms with E-state index in [0.717, 1.165) is 11.1 Å². The summed E-state index contributed by atoms with van der Waals surface area (Å²) in [6.07, 6.45) is 4.47. The predicted octanol–water partition coefficient (Wildman–Crippen LogP) is 4.95. The first-order valence-corrected chi connectivity index (χ1v) is 12.9. The zero-order chi connectivity index (χ0) is 25.2. The van der Waals surface area contributed by atoms with Crippen molar-refractivity contribution in [1.82, 2.24) is 9.46 Å². The summed E-state index contributed by atoms with van der Waals surface area (Å²) in [4.78, 5) is 12.9. The highest BCUT2D eigenvalue weighted by molar-refractivity contribution is 7.89. The van der Waals surface area contributed by atoms with Crippen LogP contribution in [0.2, 0.25) is 0 Å². The van der Waals surface area contributed by atoms with Crippen LogP contribution in [0.15, 0.2) is 51.9 Å². The summed E-state index contributed by atoms with van der Waals surface area (Å²) in [6.45, 7) is 5.63. The monoisotopic (exact) mass is 497 g/mol. The fraction of sp³-hybridized carbons (Fsp3) is 0.308. The van der Waals surface area contributed by atoms with Crippen molar-refractivity contribution in [2.45, 2.75) is 38.5 Å². The maximum atomic E-state index is 13.6. The lowest BCUT2D eigenvalue weighted by Crippen LogP contribution is -2.44. The molecule has 9 heteroatoms. The molecule has 1 N–H and O–H groups in total. The largest absolute Gasteiger partial charge is 0.355 e. The van der Waals surface area contributed by atoms with E-state index in [1.807, 2.05) is 31.2 Å². The number of nitrogens with one attached hydrogen (secondary N) is 1. The van der Waals surface area contributed by atoms with Crippen molar-refractivity contribution >= 4 is 33.8 Å². The summed E-state index contributed by atoms with van der Waals surface area (Å²) < 4.78 is 47.2. The van der Waals surface area contributed by atoms with Gasteiger partial charge in [0.15, 0.2) is 10.7 Å². The van der Waals surface area contributed by atoms with Gasteiger partial charge in [0.05, 0.1) is 5.92 Å². The van der Waals surface area contributed by atoms with Crippen LogP contribution in [-0.4, -0.2) is 36.9 Å². The van der Waals surface area contributed by atoms with E-state index in [1.165, 1.54) is 22.5 Å². The lowest BCUT2D eigenvalue weighted by molar-refractivity contribution is -0.120. The summed E-state index contributed by atoms with van der Waals surface area (Å²) in [7, 11) is -3.95. The second-order valence-corrected chi connectivity index (χ2v) is 10.7. The molecule has 0 unspecified atom stereocenters. The van der Waals surface area contributed by atoms with E-state index in [-0.39, 0.29) is 34.6 Å². The molecule has 1 aromatic heterocycles. The molecular weight excluding hydrogens is 469 g/mol. The van der Waals surface area contributed by atoms with Gasteiger partial charge in [-0.25, -0.2) is 12.8 Å². The highest BCUT2D eigenvalue weighted by Crippen LogP contribution is 2.30. The van der Waals surface area contributed by atoms with Crippen molar-refractivity contribution < 1.29 is 22.1 Å². The van der Waals surface area contributed by atoms with Gasteiger partial charge in [-0.15, -0.1) is 0 Å². The Bertz CT molecular complexity index is 1360. The summed E-state index contributed by atoms with van der Waals surface area (Å²) in [5, 5.41) is 6.70. The summed E-state index contributed by atoms with van der Waals surface area (Å²) in [5.74, 6) is -1.06. The third kappa shape index (κ3) is 5.52. The molecule has 1 saturated heterocycles. The van der Waals surface area contributed by atoms with E-state index in [0.29, 0.717) is 30.6 Å². The maximum absolute atomic E-state index is 13.6. The number of halogens is 1. The van der Waals surface area contributed by atoms with Crippen LogP contribution in [-0.2, 0) is 14.8 Å². The van der Waals surface area contributed by atoms with Gasteiger partial charge in [0.1, 0.15) is 11.5 Å². The van der Waals surface area contributed by atoms with Gasteiger partial charge in [-0.2, -0.15) is 4.31 Å². The molecule has 35 heavy (non-hydrogen) atoms. The predicted molar refractivity (Wildman–Crippen MR) is 133 cm³/mol. The van der Waals surface area contributed by atoms with E-state index in [1.54, 1.807) is 26.0 Å². The number of hydrogen-bond acceptors (Lipinski definition) is 5. The zero-order valence-corrected chi connectivity index (χ0v) is 20.7. The molecule has 0 radical (unpaired) electrons. The van der Waals surface area contributed by atoms with E-state index in [2.05, 4.69) is 10.5 Å². The molecule has 0 spiro atoms. The number of aryl methyl sites for hydroxylation is 3. The van der Waals surface area contributed by atoms with Gasteiger partial charge in [-0.05, 0) is 69.0 Å². The number of carbonyl (C=O) groups is 1. The standard InChI is InChI=1S/C26H28FN3O4S/c1-17-6-8-20(9-7-17)10-13-24-25(19(3)29-34-24)35(32,33)30-14-4-5-21(16-30)26(31)28-23-12-11-22(27)15-18(23)2/h6-13,15,21H,4-5,14,16H2,1-3H3,(H,28,31)/b13-10+/t21-/m1/s1. The van der Waals surface area contributed by atoms with Crippen LogP contribution < -0.4 is 5.32 Å². The average Bonchev–Trinajstić information content (AvgIpc) is 3.21. The smallest absolute Gasteiger partial charge is 0.248 e. The van der Waals surface area contributed by atoms with Crippen molar-refractivity contribution in [3.8, 4) is 0 Å². The minimum Gasteiger partial charge on any atom is -0.355 e. The number of piperidine rings is 1. The Labute approximate surface area is 204 Å². The Balaban J connectivity index is 1.53. The molecule has 3 aromatic rings. The molecule has 184 valence electrons. The zero-order valence-electron chi connectivity index (χ0n) is 19.9. The Hall–Kier alpha value is -3.30. The van der Waals surface area contributed by atoms with Crippen LogP contribution in [0.3, 0.4) is 0 Å². The molecule has 1 aliphatic heterocycles. The van der Waals surface area contributed by atoms with Crippen LogP contribution in [0.5, 0.6) is 0 Å². The third-order valence-corrected chi connectivity index (χ3v) is 8.16. The normalized spacial score (nSPS) is 17.1. The average molecular weight is 498 g/mol. The van der Waals surface area contributed by atoms with Gasteiger partial charge in [0.25, 0.3) is 0 Å². The van der Waals surface area contributed by atoms with Crippen molar-refractivity contribution in [3.63, 3.8) is 0 Å². The molecule has 2 aromatic carbocycles. The van der Waals surface area contributed by atoms with Gasteiger partial charge in [-0.3, -0.25) is 4.79 Å². The quantitative estimate of drug-likeness (QED) is 0.520. The van der Waals surface area contributed by atoms with Gasteiger partial charge in [0.2, 0.25) is 15.9 Å². The molecule has 7 nitrogen and oxygen atoms in total. The lowest BCUT2D eigenvalue weighted by atomic mass is 9.98. The number of hydrogen-bond donors (Lipinski definition) is 1. The maximum Gasteiger partial charge on any atom is 0.248 e. The van der Waals surface area contributed by atoms with Crippen molar-refractivity contribution in [1.29, 1.82) is 0 Å². The number of nitrogens with zero attached hydrogens (tertiary/aromatic N) is 2. The molecule has 1 fully saturated rings. The molecule has 1 aliphatic rings. The molecule has 2 heterocycles. The van der Waals surface area contributed by atoms with Crippen molar-refractivity contribution in [2.24, 2.45) is 5.92 Å². The first kappa shape index (κ1) is 24.8. The van der Waals surface area contributed by atoms with Crippen LogP contribution in [0.4, 0.5) is 10.1 Å². The summed E-state index contributed by atoms with van der Waals surface area (Å²) >= 11 is 0. The molecule has 1 atom stereocenters. The number of rotatable bonds is 6. The summed E-state index contributed by atoms with van der Waals surface area (Å²) in [5.41, 5.74) is 3.40. The second-order valence-electron chi connectivity index (χ2n) is 8.86. The van der Waals surface area contributed by atoms with Crippen molar-refractivity contribution in [2.75, 3.05) is 18.4 Å². The van der Waals surface area contributed by atoms with Gasteiger partial charge < -0.3 is 9.84 Å². The number of aromatic nitrogens is 1. The number of carbonyl (C=O) groups excluding carboxylic acids is 1. The van der Waals surface area contributed by atoms with Crippen LogP contribution in [0.1, 0.15) is 41.0 Å². The number of benzene rings is 2. The molecule has 4 rings (SSSR count). The van der Waals surface area contributed by atoms with Crippen molar-refractivity contribution in [3.05, 3.63) is 76.4 Å². The van der Waals surface area contributed by atoms with Crippen LogP contribution in [0, 0.1) is 32.5 Å². The molecule has 1 amide bonds. The highest BCUT2D eigenvalue weighted by atomic mass is 32.2. The van der Waals surface area contributed by atoms with Crippen LogP contribution >= 0.6 is 0 Å². The van der Waals surface area contributed by atoms with E-state index < -0.39 is 15.9 Å². The first-order chi connectivity index (χ1) is 16.6. The first-order valence-electron chi connectivity index (χ1n) is 11.4. The Morgan fingerprint density at radius 3 is 2.60 bits per heavy atom. The number of sulfonamides is 1. The lowest BCUT2D eigenvalue weighted by Gasteiger charge is -2.31. The fourth-order valence-corrected chi connectivity index (χ4v) is 5.93. The summed E-state index contributed by atoms with van der Waals surface area (Å²) in [6, 6.07) is 11.9. The van der Waals surface area contributed by atoms with Gasteiger partial charge in [-0.1, -0.05) is 41.1 Å². The minimum atomic E-state index is -3.95. The Morgan fingerprint density at radius 2 is 1.89 bits per heavy atom. The Kier molecular flexibility index (Phi) is 7.18. The SMILES string of the molecule is Cc1ccc(/C=C/c2onc(C)c2S(=O)(=O)N2CCC[C@@H](C(=O)Nc3ccc(F)cc3C)C2)cc1. The highest BCUT2D eigenvalue weighted by Gasteiger charge is 2.37. The van der Waals surface area contributed by atoms with Gasteiger partial charge >= 0.3 is 0 Å². The second kappa shape index (κ2) is 10.1. The minimum absolute atomic E-state index is 0.0105. The third-order valence-electron chi connectivity index (χ3n) is 6.14. The number of anilines is 1. The van der Waals surface area contributed by atoms with E-state index >= 15 is 0 Å². The molecule has 0 aliphatic carbocycles.